The van der Waals surface area contributed by atoms with E-state index < -0.39 is 10.0 Å². The minimum absolute atomic E-state index is 0.178. The first-order valence-corrected chi connectivity index (χ1v) is 10.6. The number of benzene rings is 2. The molecule has 0 radical (unpaired) electrons. The third-order valence-corrected chi connectivity index (χ3v) is 6.97. The average molecular weight is 389 g/mol. The molecule has 0 fully saturated rings. The van der Waals surface area contributed by atoms with Crippen LogP contribution in [0.4, 0.5) is 0 Å². The van der Waals surface area contributed by atoms with Crippen molar-refractivity contribution < 1.29 is 13.2 Å². The SMILES string of the molecule is CCN(CC)S(=O)(=O)c1cc(C(=O)NC(C)c2ccccc2C)ccc1C. The van der Waals surface area contributed by atoms with Gasteiger partial charge >= 0.3 is 0 Å². The largest absolute Gasteiger partial charge is 0.346 e. The van der Waals surface area contributed by atoms with Crippen LogP contribution in [0, 0.1) is 13.8 Å². The fourth-order valence-electron chi connectivity index (χ4n) is 3.15. The summed E-state index contributed by atoms with van der Waals surface area (Å²) in [6, 6.07) is 12.5. The molecule has 146 valence electrons. The topological polar surface area (TPSA) is 66.5 Å². The van der Waals surface area contributed by atoms with E-state index in [-0.39, 0.29) is 16.8 Å². The number of nitrogens with one attached hydrogen (secondary N) is 1. The van der Waals surface area contributed by atoms with Crippen molar-refractivity contribution in [2.24, 2.45) is 0 Å². The fourth-order valence-corrected chi connectivity index (χ4v) is 4.86. The lowest BCUT2D eigenvalue weighted by molar-refractivity contribution is 0.0939. The number of carbonyl (C=O) groups excluding carboxylic acids is 1. The summed E-state index contributed by atoms with van der Waals surface area (Å²) in [7, 11) is -3.62. The van der Waals surface area contributed by atoms with Gasteiger partial charge in [0.15, 0.2) is 0 Å². The molecule has 0 saturated heterocycles. The molecule has 0 aromatic heterocycles. The summed E-state index contributed by atoms with van der Waals surface area (Å²) in [5.74, 6) is -0.290. The smallest absolute Gasteiger partial charge is 0.251 e. The molecule has 6 heteroatoms. The highest BCUT2D eigenvalue weighted by molar-refractivity contribution is 7.89. The Hall–Kier alpha value is -2.18. The molecule has 2 rings (SSSR count). The van der Waals surface area contributed by atoms with Crippen molar-refractivity contribution in [2.45, 2.75) is 45.6 Å². The second kappa shape index (κ2) is 8.67. The molecule has 0 bridgehead atoms. The number of aryl methyl sites for hydroxylation is 2. The van der Waals surface area contributed by atoms with E-state index in [1.807, 2.05) is 38.1 Å². The van der Waals surface area contributed by atoms with Gasteiger partial charge in [-0.3, -0.25) is 4.79 Å². The number of sulfonamides is 1. The van der Waals surface area contributed by atoms with E-state index in [1.54, 1.807) is 32.9 Å². The Morgan fingerprint density at radius 1 is 1.04 bits per heavy atom. The van der Waals surface area contributed by atoms with Gasteiger partial charge in [-0.25, -0.2) is 8.42 Å². The maximum Gasteiger partial charge on any atom is 0.251 e. The van der Waals surface area contributed by atoms with Crippen molar-refractivity contribution in [3.63, 3.8) is 0 Å². The molecule has 0 aliphatic carbocycles. The van der Waals surface area contributed by atoms with Crippen LogP contribution in [0.15, 0.2) is 47.4 Å². The standard InChI is InChI=1S/C21H28N2O3S/c1-6-23(7-2)27(25,26)20-14-18(13-12-16(20)4)21(24)22-17(5)19-11-9-8-10-15(19)3/h8-14,17H,6-7H2,1-5H3,(H,22,24). The van der Waals surface area contributed by atoms with E-state index in [0.29, 0.717) is 24.2 Å². The Kier molecular flexibility index (Phi) is 6.78. The molecule has 5 nitrogen and oxygen atoms in total. The zero-order chi connectivity index (χ0) is 20.2. The van der Waals surface area contributed by atoms with Crippen LogP contribution in [0.3, 0.4) is 0 Å². The number of hydrogen-bond donors (Lipinski definition) is 1. The van der Waals surface area contributed by atoms with Gasteiger partial charge < -0.3 is 5.32 Å². The van der Waals surface area contributed by atoms with Gasteiger partial charge in [-0.15, -0.1) is 0 Å². The zero-order valence-electron chi connectivity index (χ0n) is 16.6. The van der Waals surface area contributed by atoms with Crippen LogP contribution in [0.25, 0.3) is 0 Å². The molecule has 27 heavy (non-hydrogen) atoms. The average Bonchev–Trinajstić information content (AvgIpc) is 2.62. The Morgan fingerprint density at radius 3 is 2.26 bits per heavy atom. The molecule has 0 spiro atoms. The Bertz CT molecular complexity index is 919. The molecular formula is C21H28N2O3S. The first-order valence-electron chi connectivity index (χ1n) is 9.19. The quantitative estimate of drug-likeness (QED) is 0.784. The molecule has 1 unspecified atom stereocenters. The van der Waals surface area contributed by atoms with Crippen LogP contribution in [0.5, 0.6) is 0 Å². The van der Waals surface area contributed by atoms with Crippen molar-refractivity contribution in [1.82, 2.24) is 9.62 Å². The molecule has 1 amide bonds. The monoisotopic (exact) mass is 388 g/mol. The number of carbonyl (C=O) groups is 1. The van der Waals surface area contributed by atoms with E-state index in [4.69, 9.17) is 0 Å². The highest BCUT2D eigenvalue weighted by Gasteiger charge is 2.25. The van der Waals surface area contributed by atoms with Crippen LogP contribution in [-0.4, -0.2) is 31.7 Å². The minimum Gasteiger partial charge on any atom is -0.346 e. The summed E-state index contributed by atoms with van der Waals surface area (Å²) in [4.78, 5) is 12.9. The summed E-state index contributed by atoms with van der Waals surface area (Å²) in [6.07, 6.45) is 0. The van der Waals surface area contributed by atoms with Crippen molar-refractivity contribution in [3.05, 3.63) is 64.7 Å². The first-order chi connectivity index (χ1) is 12.7. The van der Waals surface area contributed by atoms with Crippen molar-refractivity contribution >= 4 is 15.9 Å². The normalized spacial score (nSPS) is 12.8. The van der Waals surface area contributed by atoms with Gasteiger partial charge in [-0.2, -0.15) is 4.31 Å². The molecule has 1 atom stereocenters. The molecule has 2 aromatic rings. The second-order valence-electron chi connectivity index (χ2n) is 6.62. The van der Waals surface area contributed by atoms with Crippen molar-refractivity contribution in [3.8, 4) is 0 Å². The van der Waals surface area contributed by atoms with E-state index >= 15 is 0 Å². The summed E-state index contributed by atoms with van der Waals surface area (Å²) in [5.41, 5.74) is 3.10. The van der Waals surface area contributed by atoms with Crippen LogP contribution in [-0.2, 0) is 10.0 Å². The Labute approximate surface area is 162 Å². The fraction of sp³-hybridized carbons (Fsp3) is 0.381. The molecule has 0 saturated carbocycles. The summed E-state index contributed by atoms with van der Waals surface area (Å²) >= 11 is 0. The van der Waals surface area contributed by atoms with Gasteiger partial charge in [0.25, 0.3) is 5.91 Å². The number of amides is 1. The van der Waals surface area contributed by atoms with Gasteiger partial charge in [0.1, 0.15) is 0 Å². The zero-order valence-corrected chi connectivity index (χ0v) is 17.4. The van der Waals surface area contributed by atoms with E-state index in [1.165, 1.54) is 10.4 Å². The Balaban J connectivity index is 2.32. The van der Waals surface area contributed by atoms with Gasteiger partial charge in [-0.05, 0) is 49.6 Å². The van der Waals surface area contributed by atoms with E-state index in [2.05, 4.69) is 5.32 Å². The first kappa shape index (κ1) is 21.1. The molecule has 0 aliphatic rings. The van der Waals surface area contributed by atoms with Gasteiger partial charge in [0, 0.05) is 18.7 Å². The number of rotatable bonds is 7. The molecule has 2 aromatic carbocycles. The summed E-state index contributed by atoms with van der Waals surface area (Å²) < 4.78 is 27.1. The van der Waals surface area contributed by atoms with E-state index in [9.17, 15) is 13.2 Å². The lowest BCUT2D eigenvalue weighted by atomic mass is 10.0. The van der Waals surface area contributed by atoms with Gasteiger partial charge in [0.2, 0.25) is 10.0 Å². The lowest BCUT2D eigenvalue weighted by Gasteiger charge is -2.21. The number of nitrogens with zero attached hydrogens (tertiary/aromatic N) is 1. The minimum atomic E-state index is -3.62. The van der Waals surface area contributed by atoms with E-state index in [0.717, 1.165) is 11.1 Å². The molecular weight excluding hydrogens is 360 g/mol. The third-order valence-electron chi connectivity index (χ3n) is 4.78. The molecule has 0 heterocycles. The predicted molar refractivity (Wildman–Crippen MR) is 108 cm³/mol. The maximum atomic E-state index is 12.9. The molecule has 0 aliphatic heterocycles. The van der Waals surface area contributed by atoms with Crippen LogP contribution < -0.4 is 5.32 Å². The lowest BCUT2D eigenvalue weighted by Crippen LogP contribution is -2.32. The number of hydrogen-bond acceptors (Lipinski definition) is 3. The predicted octanol–water partition coefficient (Wildman–Crippen LogP) is 3.82. The highest BCUT2D eigenvalue weighted by Crippen LogP contribution is 2.22. The summed E-state index contributed by atoms with van der Waals surface area (Å²) in [6.45, 7) is 10.0. The summed E-state index contributed by atoms with van der Waals surface area (Å²) in [5, 5.41) is 2.96. The van der Waals surface area contributed by atoms with Gasteiger partial charge in [0.05, 0.1) is 10.9 Å². The van der Waals surface area contributed by atoms with Crippen LogP contribution >= 0.6 is 0 Å². The molecule has 1 N–H and O–H groups in total. The highest BCUT2D eigenvalue weighted by atomic mass is 32.2. The van der Waals surface area contributed by atoms with Crippen molar-refractivity contribution in [1.29, 1.82) is 0 Å². The van der Waals surface area contributed by atoms with Gasteiger partial charge in [-0.1, -0.05) is 44.2 Å². The van der Waals surface area contributed by atoms with Crippen LogP contribution in [0.2, 0.25) is 0 Å². The van der Waals surface area contributed by atoms with Crippen LogP contribution in [0.1, 0.15) is 53.9 Å². The Morgan fingerprint density at radius 2 is 1.67 bits per heavy atom. The van der Waals surface area contributed by atoms with Crippen molar-refractivity contribution in [2.75, 3.05) is 13.1 Å². The second-order valence-corrected chi connectivity index (χ2v) is 8.53. The maximum absolute atomic E-state index is 12.9. The third kappa shape index (κ3) is 4.57.